The molecule has 1 aromatic heterocycles. The van der Waals surface area contributed by atoms with E-state index >= 15 is 0 Å². The van der Waals surface area contributed by atoms with Crippen LogP contribution in [0.5, 0.6) is 0 Å². The Morgan fingerprint density at radius 1 is 1.50 bits per heavy atom. The van der Waals surface area contributed by atoms with Crippen molar-refractivity contribution in [3.8, 4) is 0 Å². The van der Waals surface area contributed by atoms with E-state index in [-0.39, 0.29) is 0 Å². The quantitative estimate of drug-likeness (QED) is 0.679. The van der Waals surface area contributed by atoms with E-state index in [1.54, 1.807) is 0 Å². The predicted molar refractivity (Wildman–Crippen MR) is 65.5 cm³/mol. The Balaban J connectivity index is 2.22. The summed E-state index contributed by atoms with van der Waals surface area (Å²) < 4.78 is 7.22. The molecule has 0 fully saturated rings. The van der Waals surface area contributed by atoms with Gasteiger partial charge in [-0.05, 0) is 38.8 Å². The van der Waals surface area contributed by atoms with Gasteiger partial charge >= 0.3 is 0 Å². The molecule has 1 rings (SSSR count). The molecule has 0 aliphatic carbocycles. The molecule has 1 aromatic rings. The zero-order valence-corrected chi connectivity index (χ0v) is 10.6. The number of ether oxygens (including phenoxy) is 1. The molecule has 1 atom stereocenters. The van der Waals surface area contributed by atoms with Crippen LogP contribution < -0.4 is 5.32 Å². The van der Waals surface area contributed by atoms with E-state index in [9.17, 15) is 0 Å². The summed E-state index contributed by atoms with van der Waals surface area (Å²) in [6.07, 6.45) is 7.30. The van der Waals surface area contributed by atoms with Gasteiger partial charge in [-0.1, -0.05) is 0 Å². The van der Waals surface area contributed by atoms with Gasteiger partial charge in [-0.15, -0.1) is 0 Å². The van der Waals surface area contributed by atoms with E-state index in [2.05, 4.69) is 16.6 Å². The van der Waals surface area contributed by atoms with E-state index in [0.29, 0.717) is 6.04 Å². The number of nitrogens with one attached hydrogen (secondary N) is 1. The highest BCUT2D eigenvalue weighted by atomic mass is 16.5. The minimum Gasteiger partial charge on any atom is -0.382 e. The minimum atomic E-state index is 0.534. The van der Waals surface area contributed by atoms with Crippen molar-refractivity contribution in [2.24, 2.45) is 7.05 Å². The molecule has 4 heteroatoms. The summed E-state index contributed by atoms with van der Waals surface area (Å²) in [5.74, 6) is 0. The maximum atomic E-state index is 5.37. The van der Waals surface area contributed by atoms with E-state index in [0.717, 1.165) is 32.5 Å². The van der Waals surface area contributed by atoms with Gasteiger partial charge in [0.25, 0.3) is 0 Å². The SMILES string of the molecule is CCOCCC(CCc1cnn(C)c1)NC. The van der Waals surface area contributed by atoms with Crippen molar-refractivity contribution in [2.75, 3.05) is 20.3 Å². The van der Waals surface area contributed by atoms with Crippen molar-refractivity contribution < 1.29 is 4.74 Å². The van der Waals surface area contributed by atoms with Crippen molar-refractivity contribution in [1.29, 1.82) is 0 Å². The predicted octanol–water partition coefficient (Wildman–Crippen LogP) is 1.37. The number of aromatic nitrogens is 2. The van der Waals surface area contributed by atoms with Crippen molar-refractivity contribution in [2.45, 2.75) is 32.2 Å². The van der Waals surface area contributed by atoms with Crippen LogP contribution in [0.4, 0.5) is 0 Å². The molecule has 1 heterocycles. The summed E-state index contributed by atoms with van der Waals surface area (Å²) in [6.45, 7) is 3.68. The third-order valence-corrected chi connectivity index (χ3v) is 2.76. The molecule has 0 saturated carbocycles. The van der Waals surface area contributed by atoms with Crippen LogP contribution in [-0.2, 0) is 18.2 Å². The molecule has 16 heavy (non-hydrogen) atoms. The topological polar surface area (TPSA) is 39.1 Å². The molecule has 1 unspecified atom stereocenters. The van der Waals surface area contributed by atoms with Crippen LogP contribution in [0, 0.1) is 0 Å². The third-order valence-electron chi connectivity index (χ3n) is 2.76. The highest BCUT2D eigenvalue weighted by molar-refractivity contribution is 5.03. The first kappa shape index (κ1) is 13.2. The molecule has 0 bridgehead atoms. The highest BCUT2D eigenvalue weighted by Crippen LogP contribution is 2.06. The summed E-state index contributed by atoms with van der Waals surface area (Å²) in [5.41, 5.74) is 1.30. The van der Waals surface area contributed by atoms with Crippen LogP contribution in [0.2, 0.25) is 0 Å². The second-order valence-electron chi connectivity index (χ2n) is 4.03. The Morgan fingerprint density at radius 3 is 2.88 bits per heavy atom. The fourth-order valence-electron chi connectivity index (χ4n) is 1.74. The molecule has 0 spiro atoms. The fraction of sp³-hybridized carbons (Fsp3) is 0.750. The lowest BCUT2D eigenvalue weighted by Gasteiger charge is -2.15. The lowest BCUT2D eigenvalue weighted by molar-refractivity contribution is 0.136. The molecule has 0 amide bonds. The van der Waals surface area contributed by atoms with E-state index in [1.807, 2.05) is 31.9 Å². The molecular weight excluding hydrogens is 202 g/mol. The van der Waals surface area contributed by atoms with Crippen LogP contribution in [0.25, 0.3) is 0 Å². The van der Waals surface area contributed by atoms with Gasteiger partial charge in [0.05, 0.1) is 6.20 Å². The molecule has 0 radical (unpaired) electrons. The van der Waals surface area contributed by atoms with Gasteiger partial charge in [-0.2, -0.15) is 5.10 Å². The van der Waals surface area contributed by atoms with Crippen LogP contribution in [-0.4, -0.2) is 36.1 Å². The first-order valence-corrected chi connectivity index (χ1v) is 5.98. The average Bonchev–Trinajstić information content (AvgIpc) is 2.69. The van der Waals surface area contributed by atoms with Gasteiger partial charge in [-0.3, -0.25) is 4.68 Å². The van der Waals surface area contributed by atoms with Crippen LogP contribution in [0.3, 0.4) is 0 Å². The second kappa shape index (κ2) is 7.41. The Bertz CT molecular complexity index is 286. The van der Waals surface area contributed by atoms with Gasteiger partial charge in [0, 0.05) is 32.5 Å². The van der Waals surface area contributed by atoms with Gasteiger partial charge in [0.15, 0.2) is 0 Å². The maximum Gasteiger partial charge on any atom is 0.0521 e. The summed E-state index contributed by atoms with van der Waals surface area (Å²) >= 11 is 0. The zero-order chi connectivity index (χ0) is 11.8. The molecule has 0 saturated heterocycles. The largest absolute Gasteiger partial charge is 0.382 e. The molecule has 0 aliphatic rings. The van der Waals surface area contributed by atoms with Crippen molar-refractivity contribution in [3.63, 3.8) is 0 Å². The van der Waals surface area contributed by atoms with E-state index < -0.39 is 0 Å². The Kier molecular flexibility index (Phi) is 6.11. The Morgan fingerprint density at radius 2 is 2.31 bits per heavy atom. The fourth-order valence-corrected chi connectivity index (χ4v) is 1.74. The van der Waals surface area contributed by atoms with Gasteiger partial charge in [0.2, 0.25) is 0 Å². The van der Waals surface area contributed by atoms with Gasteiger partial charge in [0.1, 0.15) is 0 Å². The normalized spacial score (nSPS) is 12.9. The van der Waals surface area contributed by atoms with E-state index in [1.165, 1.54) is 5.56 Å². The van der Waals surface area contributed by atoms with Crippen molar-refractivity contribution >= 4 is 0 Å². The summed E-state index contributed by atoms with van der Waals surface area (Å²) in [6, 6.07) is 0.534. The Labute approximate surface area is 98.0 Å². The number of nitrogens with zero attached hydrogens (tertiary/aromatic N) is 2. The minimum absolute atomic E-state index is 0.534. The monoisotopic (exact) mass is 225 g/mol. The van der Waals surface area contributed by atoms with Crippen LogP contribution >= 0.6 is 0 Å². The van der Waals surface area contributed by atoms with Gasteiger partial charge < -0.3 is 10.1 Å². The Hall–Kier alpha value is -0.870. The average molecular weight is 225 g/mol. The number of rotatable bonds is 8. The number of aryl methyl sites for hydroxylation is 2. The number of hydrogen-bond donors (Lipinski definition) is 1. The van der Waals surface area contributed by atoms with Crippen molar-refractivity contribution in [3.05, 3.63) is 18.0 Å². The molecule has 0 aromatic carbocycles. The smallest absolute Gasteiger partial charge is 0.0521 e. The maximum absolute atomic E-state index is 5.37. The molecule has 92 valence electrons. The number of hydrogen-bond acceptors (Lipinski definition) is 3. The molecule has 1 N–H and O–H groups in total. The zero-order valence-electron chi connectivity index (χ0n) is 10.6. The standard InChI is InChI=1S/C12H23N3O/c1-4-16-8-7-12(13-2)6-5-11-9-14-15(3)10-11/h9-10,12-13H,4-8H2,1-3H3. The second-order valence-corrected chi connectivity index (χ2v) is 4.03. The lowest BCUT2D eigenvalue weighted by atomic mass is 10.1. The third kappa shape index (κ3) is 4.77. The van der Waals surface area contributed by atoms with E-state index in [4.69, 9.17) is 4.74 Å². The lowest BCUT2D eigenvalue weighted by Crippen LogP contribution is -2.27. The first-order valence-electron chi connectivity index (χ1n) is 5.98. The molecule has 4 nitrogen and oxygen atoms in total. The molecule has 0 aliphatic heterocycles. The van der Waals surface area contributed by atoms with Crippen molar-refractivity contribution in [1.82, 2.24) is 15.1 Å². The van der Waals surface area contributed by atoms with Crippen LogP contribution in [0.15, 0.2) is 12.4 Å². The van der Waals surface area contributed by atoms with Crippen LogP contribution in [0.1, 0.15) is 25.3 Å². The summed E-state index contributed by atoms with van der Waals surface area (Å²) in [4.78, 5) is 0. The summed E-state index contributed by atoms with van der Waals surface area (Å²) in [7, 11) is 3.97. The van der Waals surface area contributed by atoms with Gasteiger partial charge in [-0.25, -0.2) is 0 Å². The summed E-state index contributed by atoms with van der Waals surface area (Å²) in [5, 5.41) is 7.50. The highest BCUT2D eigenvalue weighted by Gasteiger charge is 2.06. The first-order chi connectivity index (χ1) is 7.76. The molecular formula is C12H23N3O.